The minimum atomic E-state index is -1.11. The molecule has 0 heterocycles. The van der Waals surface area contributed by atoms with E-state index >= 15 is 0 Å². The highest BCUT2D eigenvalue weighted by molar-refractivity contribution is 5.86. The summed E-state index contributed by atoms with van der Waals surface area (Å²) in [6.07, 6.45) is 4.30. The van der Waals surface area contributed by atoms with E-state index in [0.717, 1.165) is 12.8 Å². The smallest absolute Gasteiger partial charge is 0.329 e. The SMILES string of the molecule is C=CCN(C(=O)NC1(C(=O)O)CCC(C)CC1)C(C)C. The van der Waals surface area contributed by atoms with Crippen LogP contribution in [0, 0.1) is 5.92 Å². The lowest BCUT2D eigenvalue weighted by Gasteiger charge is -2.38. The highest BCUT2D eigenvalue weighted by atomic mass is 16.4. The van der Waals surface area contributed by atoms with Crippen molar-refractivity contribution in [3.05, 3.63) is 12.7 Å². The summed E-state index contributed by atoms with van der Waals surface area (Å²) in [5, 5.41) is 12.3. The van der Waals surface area contributed by atoms with E-state index in [1.807, 2.05) is 13.8 Å². The molecule has 5 heteroatoms. The number of carbonyl (C=O) groups excluding carboxylic acids is 1. The van der Waals surface area contributed by atoms with Gasteiger partial charge in [-0.15, -0.1) is 6.58 Å². The van der Waals surface area contributed by atoms with Crippen molar-refractivity contribution < 1.29 is 14.7 Å². The van der Waals surface area contributed by atoms with E-state index in [4.69, 9.17) is 0 Å². The summed E-state index contributed by atoms with van der Waals surface area (Å²) in [5.41, 5.74) is -1.11. The summed E-state index contributed by atoms with van der Waals surface area (Å²) >= 11 is 0. The lowest BCUT2D eigenvalue weighted by molar-refractivity contribution is -0.146. The lowest BCUT2D eigenvalue weighted by atomic mass is 9.77. The normalized spacial score (nSPS) is 26.1. The number of carboxylic acid groups (broad SMARTS) is 1. The number of nitrogens with one attached hydrogen (secondary N) is 1. The van der Waals surface area contributed by atoms with Crippen molar-refractivity contribution in [2.24, 2.45) is 5.92 Å². The highest BCUT2D eigenvalue weighted by Gasteiger charge is 2.43. The van der Waals surface area contributed by atoms with Crippen LogP contribution in [-0.4, -0.2) is 40.1 Å². The summed E-state index contributed by atoms with van der Waals surface area (Å²) in [4.78, 5) is 25.5. The molecule has 5 nitrogen and oxygen atoms in total. The van der Waals surface area contributed by atoms with Crippen molar-refractivity contribution in [1.82, 2.24) is 10.2 Å². The number of carboxylic acids is 1. The van der Waals surface area contributed by atoms with Crippen LogP contribution in [0.4, 0.5) is 4.79 Å². The van der Waals surface area contributed by atoms with Gasteiger partial charge in [0, 0.05) is 12.6 Å². The van der Waals surface area contributed by atoms with Gasteiger partial charge in [0.2, 0.25) is 0 Å². The zero-order valence-corrected chi connectivity index (χ0v) is 12.7. The van der Waals surface area contributed by atoms with Crippen LogP contribution >= 0.6 is 0 Å². The molecule has 0 unspecified atom stereocenters. The number of aliphatic carboxylic acids is 1. The largest absolute Gasteiger partial charge is 0.480 e. The van der Waals surface area contributed by atoms with Gasteiger partial charge >= 0.3 is 12.0 Å². The number of nitrogens with zero attached hydrogens (tertiary/aromatic N) is 1. The molecule has 0 spiro atoms. The standard InChI is InChI=1S/C15H26N2O3/c1-5-10-17(11(2)3)14(20)16-15(13(18)19)8-6-12(4)7-9-15/h5,11-12H,1,6-10H2,2-4H3,(H,16,20)(H,18,19). The van der Waals surface area contributed by atoms with Gasteiger partial charge in [0.25, 0.3) is 0 Å². The molecule has 1 rings (SSSR count). The second-order valence-corrected chi connectivity index (χ2v) is 6.03. The predicted octanol–water partition coefficient (Wildman–Crippen LogP) is 2.63. The van der Waals surface area contributed by atoms with E-state index in [1.165, 1.54) is 0 Å². The number of hydrogen-bond acceptors (Lipinski definition) is 2. The van der Waals surface area contributed by atoms with Crippen LogP contribution < -0.4 is 5.32 Å². The monoisotopic (exact) mass is 282 g/mol. The maximum Gasteiger partial charge on any atom is 0.329 e. The van der Waals surface area contributed by atoms with Gasteiger partial charge < -0.3 is 15.3 Å². The Hall–Kier alpha value is -1.52. The molecule has 20 heavy (non-hydrogen) atoms. The number of carbonyl (C=O) groups is 2. The second-order valence-electron chi connectivity index (χ2n) is 6.03. The summed E-state index contributed by atoms with van der Waals surface area (Å²) in [6.45, 7) is 9.97. The Morgan fingerprint density at radius 2 is 2.00 bits per heavy atom. The van der Waals surface area contributed by atoms with Gasteiger partial charge in [-0.3, -0.25) is 0 Å². The topological polar surface area (TPSA) is 69.6 Å². The van der Waals surface area contributed by atoms with Crippen LogP contribution in [0.2, 0.25) is 0 Å². The van der Waals surface area contributed by atoms with Gasteiger partial charge in [0.15, 0.2) is 0 Å². The fraction of sp³-hybridized carbons (Fsp3) is 0.733. The van der Waals surface area contributed by atoms with Gasteiger partial charge in [0.1, 0.15) is 5.54 Å². The van der Waals surface area contributed by atoms with Crippen molar-refractivity contribution in [2.75, 3.05) is 6.54 Å². The molecule has 1 aliphatic rings. The average molecular weight is 282 g/mol. The first-order chi connectivity index (χ1) is 9.32. The number of amides is 2. The van der Waals surface area contributed by atoms with E-state index in [9.17, 15) is 14.7 Å². The van der Waals surface area contributed by atoms with Crippen LogP contribution in [0.3, 0.4) is 0 Å². The molecule has 0 atom stereocenters. The Bertz CT molecular complexity index is 371. The summed E-state index contributed by atoms with van der Waals surface area (Å²) in [7, 11) is 0. The first-order valence-electron chi connectivity index (χ1n) is 7.25. The molecule has 0 aliphatic heterocycles. The fourth-order valence-corrected chi connectivity index (χ4v) is 2.59. The minimum absolute atomic E-state index is 0.00126. The van der Waals surface area contributed by atoms with Gasteiger partial charge in [-0.25, -0.2) is 9.59 Å². The molecule has 1 fully saturated rings. The van der Waals surface area contributed by atoms with Gasteiger partial charge in [0.05, 0.1) is 0 Å². The molecule has 1 aliphatic carbocycles. The van der Waals surface area contributed by atoms with E-state index in [-0.39, 0.29) is 12.1 Å². The van der Waals surface area contributed by atoms with Crippen molar-refractivity contribution >= 4 is 12.0 Å². The van der Waals surface area contributed by atoms with E-state index < -0.39 is 11.5 Å². The maximum absolute atomic E-state index is 12.3. The summed E-state index contributed by atoms with van der Waals surface area (Å²) < 4.78 is 0. The second kappa shape index (κ2) is 6.77. The first kappa shape index (κ1) is 16.5. The molecule has 0 aromatic rings. The van der Waals surface area contributed by atoms with Gasteiger partial charge in [-0.05, 0) is 45.4 Å². The summed E-state index contributed by atoms with van der Waals surface area (Å²) in [6, 6.07) is -0.321. The van der Waals surface area contributed by atoms with Crippen molar-refractivity contribution in [3.8, 4) is 0 Å². The van der Waals surface area contributed by atoms with E-state index in [0.29, 0.717) is 25.3 Å². The van der Waals surface area contributed by atoms with Crippen LogP contribution in [0.5, 0.6) is 0 Å². The van der Waals surface area contributed by atoms with Crippen molar-refractivity contribution in [3.63, 3.8) is 0 Å². The first-order valence-corrected chi connectivity index (χ1v) is 7.25. The Morgan fingerprint density at radius 1 is 1.45 bits per heavy atom. The molecule has 0 aromatic carbocycles. The predicted molar refractivity (Wildman–Crippen MR) is 78.6 cm³/mol. The Morgan fingerprint density at radius 3 is 2.40 bits per heavy atom. The molecule has 1 saturated carbocycles. The fourth-order valence-electron chi connectivity index (χ4n) is 2.59. The Balaban J connectivity index is 2.82. The average Bonchev–Trinajstić information content (AvgIpc) is 2.38. The Labute approximate surface area is 121 Å². The van der Waals surface area contributed by atoms with Gasteiger partial charge in [-0.1, -0.05) is 13.0 Å². The lowest BCUT2D eigenvalue weighted by Crippen LogP contribution is -2.60. The molecule has 0 aromatic heterocycles. The number of rotatable bonds is 5. The minimum Gasteiger partial charge on any atom is -0.480 e. The number of hydrogen-bond donors (Lipinski definition) is 2. The van der Waals surface area contributed by atoms with Crippen LogP contribution in [0.15, 0.2) is 12.7 Å². The molecule has 0 radical (unpaired) electrons. The van der Waals surface area contributed by atoms with Crippen LogP contribution in [0.1, 0.15) is 46.5 Å². The Kier molecular flexibility index (Phi) is 5.60. The summed E-state index contributed by atoms with van der Waals surface area (Å²) in [5.74, 6) is -0.409. The number of urea groups is 1. The third-order valence-electron chi connectivity index (χ3n) is 4.09. The van der Waals surface area contributed by atoms with Crippen LogP contribution in [0.25, 0.3) is 0 Å². The quantitative estimate of drug-likeness (QED) is 0.762. The van der Waals surface area contributed by atoms with E-state index in [1.54, 1.807) is 11.0 Å². The highest BCUT2D eigenvalue weighted by Crippen LogP contribution is 2.32. The van der Waals surface area contributed by atoms with Crippen molar-refractivity contribution in [1.29, 1.82) is 0 Å². The van der Waals surface area contributed by atoms with Crippen molar-refractivity contribution in [2.45, 2.75) is 58.0 Å². The van der Waals surface area contributed by atoms with E-state index in [2.05, 4.69) is 18.8 Å². The van der Waals surface area contributed by atoms with Gasteiger partial charge in [-0.2, -0.15) is 0 Å². The molecule has 2 amide bonds. The molecule has 0 bridgehead atoms. The molecule has 2 N–H and O–H groups in total. The zero-order valence-electron chi connectivity index (χ0n) is 12.7. The van der Waals surface area contributed by atoms with Crippen LogP contribution in [-0.2, 0) is 4.79 Å². The maximum atomic E-state index is 12.3. The molecular weight excluding hydrogens is 256 g/mol. The molecule has 114 valence electrons. The zero-order chi connectivity index (χ0) is 15.3. The molecule has 0 saturated heterocycles. The third kappa shape index (κ3) is 3.74. The third-order valence-corrected chi connectivity index (χ3v) is 4.09. The molecular formula is C15H26N2O3.